The molecule has 0 unspecified atom stereocenters. The first-order valence-corrected chi connectivity index (χ1v) is 15.7. The van der Waals surface area contributed by atoms with Crippen LogP contribution in [-0.2, 0) is 16.0 Å². The molecule has 0 radical (unpaired) electrons. The van der Waals surface area contributed by atoms with Crippen LogP contribution >= 0.6 is 0 Å². The molecule has 2 aliphatic rings. The topological polar surface area (TPSA) is 111 Å². The average molecular weight is 601 g/mol. The molecule has 0 spiro atoms. The molecule has 1 aliphatic heterocycles. The van der Waals surface area contributed by atoms with Crippen molar-refractivity contribution in [3.63, 3.8) is 0 Å². The van der Waals surface area contributed by atoms with E-state index in [1.807, 2.05) is 68.4 Å². The van der Waals surface area contributed by atoms with Crippen LogP contribution in [0.5, 0.6) is 5.75 Å². The predicted octanol–water partition coefficient (Wildman–Crippen LogP) is 5.67. The summed E-state index contributed by atoms with van der Waals surface area (Å²) in [5.74, 6) is 0.292. The molecule has 9 heteroatoms. The summed E-state index contributed by atoms with van der Waals surface area (Å²) in [5, 5.41) is 18.0. The van der Waals surface area contributed by atoms with E-state index in [0.29, 0.717) is 23.5 Å². The van der Waals surface area contributed by atoms with Gasteiger partial charge in [0.2, 0.25) is 11.8 Å². The number of hydrogen-bond acceptors (Lipinski definition) is 5. The van der Waals surface area contributed by atoms with Crippen molar-refractivity contribution in [3.8, 4) is 5.75 Å². The van der Waals surface area contributed by atoms with Gasteiger partial charge in [-0.1, -0.05) is 62.6 Å². The van der Waals surface area contributed by atoms with Crippen LogP contribution in [0.2, 0.25) is 0 Å². The number of aliphatic hydroxyl groups excluding tert-OH is 1. The van der Waals surface area contributed by atoms with E-state index in [9.17, 15) is 19.5 Å². The highest BCUT2D eigenvalue weighted by Crippen LogP contribution is 2.31. The van der Waals surface area contributed by atoms with E-state index in [1.165, 1.54) is 6.42 Å². The van der Waals surface area contributed by atoms with Gasteiger partial charge >= 0.3 is 6.03 Å². The van der Waals surface area contributed by atoms with Crippen LogP contribution in [0.1, 0.15) is 51.5 Å². The van der Waals surface area contributed by atoms with Gasteiger partial charge in [-0.25, -0.2) is 4.79 Å². The maximum Gasteiger partial charge on any atom is 0.321 e. The lowest BCUT2D eigenvalue weighted by Gasteiger charge is -2.34. The number of fused-ring (bicyclic) bond motifs is 2. The van der Waals surface area contributed by atoms with Gasteiger partial charge in [0.05, 0.1) is 31.3 Å². The minimum absolute atomic E-state index is 0.00789. The van der Waals surface area contributed by atoms with E-state index in [-0.39, 0.29) is 55.3 Å². The number of aliphatic hydroxyl groups is 1. The van der Waals surface area contributed by atoms with E-state index >= 15 is 0 Å². The van der Waals surface area contributed by atoms with Gasteiger partial charge in [-0.05, 0) is 49.4 Å². The van der Waals surface area contributed by atoms with Crippen LogP contribution in [0, 0.1) is 11.8 Å². The zero-order valence-electron chi connectivity index (χ0n) is 25.9. The zero-order valence-corrected chi connectivity index (χ0v) is 25.9. The highest BCUT2D eigenvalue weighted by atomic mass is 16.5. The number of amides is 4. The summed E-state index contributed by atoms with van der Waals surface area (Å²) >= 11 is 0. The van der Waals surface area contributed by atoms with Crippen LogP contribution < -0.4 is 15.4 Å². The Bertz CT molecular complexity index is 1480. The van der Waals surface area contributed by atoms with Gasteiger partial charge in [-0.2, -0.15) is 0 Å². The van der Waals surface area contributed by atoms with Gasteiger partial charge < -0.3 is 30.3 Å². The van der Waals surface area contributed by atoms with Crippen LogP contribution in [0.25, 0.3) is 10.8 Å². The minimum atomic E-state index is -0.445. The quantitative estimate of drug-likeness (QED) is 0.324. The van der Waals surface area contributed by atoms with Crippen molar-refractivity contribution >= 4 is 40.0 Å². The van der Waals surface area contributed by atoms with Crippen molar-refractivity contribution in [1.29, 1.82) is 0 Å². The fraction of sp³-hybridized carbons (Fsp3) is 0.457. The Morgan fingerprint density at radius 2 is 1.80 bits per heavy atom. The first-order chi connectivity index (χ1) is 21.2. The second-order valence-corrected chi connectivity index (χ2v) is 12.4. The van der Waals surface area contributed by atoms with Crippen molar-refractivity contribution in [3.05, 3.63) is 66.2 Å². The number of urea groups is 1. The normalized spacial score (nSPS) is 20.0. The molecule has 0 saturated heterocycles. The third kappa shape index (κ3) is 7.33. The lowest BCUT2D eigenvalue weighted by Crippen LogP contribution is -2.48. The maximum atomic E-state index is 13.6. The van der Waals surface area contributed by atoms with Gasteiger partial charge in [0, 0.05) is 42.1 Å². The SMILES string of the molecule is C[C@H](CO)N1C[C@H](C)[C@@H](CN(C)C(=O)Nc2cccc3ccccc23)Oc2ccc(NC(=O)C3CCCCC3)cc2CC1=O. The molecule has 1 aliphatic carbocycles. The number of benzene rings is 3. The van der Waals surface area contributed by atoms with Crippen LogP contribution in [-0.4, -0.2) is 71.6 Å². The van der Waals surface area contributed by atoms with Crippen molar-refractivity contribution < 1.29 is 24.2 Å². The number of rotatable bonds is 7. The van der Waals surface area contributed by atoms with E-state index in [0.717, 1.165) is 42.1 Å². The summed E-state index contributed by atoms with van der Waals surface area (Å²) in [5.41, 5.74) is 2.02. The van der Waals surface area contributed by atoms with Crippen LogP contribution in [0.15, 0.2) is 60.7 Å². The summed E-state index contributed by atoms with van der Waals surface area (Å²) in [7, 11) is 1.73. The molecule has 1 saturated carbocycles. The first kappa shape index (κ1) is 31.3. The van der Waals surface area contributed by atoms with Gasteiger partial charge in [-0.3, -0.25) is 9.59 Å². The molecule has 234 valence electrons. The molecule has 0 bridgehead atoms. The smallest absolute Gasteiger partial charge is 0.321 e. The number of hydrogen-bond donors (Lipinski definition) is 3. The minimum Gasteiger partial charge on any atom is -0.488 e. The van der Waals surface area contributed by atoms with Crippen molar-refractivity contribution in [2.45, 2.75) is 64.5 Å². The van der Waals surface area contributed by atoms with E-state index in [2.05, 4.69) is 10.6 Å². The Morgan fingerprint density at radius 3 is 2.57 bits per heavy atom. The van der Waals surface area contributed by atoms with E-state index < -0.39 is 6.10 Å². The molecule has 0 aromatic heterocycles. The third-order valence-corrected chi connectivity index (χ3v) is 8.99. The van der Waals surface area contributed by atoms with Crippen LogP contribution in [0.4, 0.5) is 16.2 Å². The fourth-order valence-corrected chi connectivity index (χ4v) is 6.23. The van der Waals surface area contributed by atoms with E-state index in [1.54, 1.807) is 22.9 Å². The van der Waals surface area contributed by atoms with Crippen molar-refractivity contribution in [2.24, 2.45) is 11.8 Å². The van der Waals surface area contributed by atoms with Gasteiger partial charge in [0.25, 0.3) is 0 Å². The summed E-state index contributed by atoms with van der Waals surface area (Å²) in [4.78, 5) is 43.2. The highest BCUT2D eigenvalue weighted by Gasteiger charge is 2.32. The Morgan fingerprint density at radius 1 is 1.05 bits per heavy atom. The van der Waals surface area contributed by atoms with Crippen molar-refractivity contribution in [1.82, 2.24) is 9.80 Å². The highest BCUT2D eigenvalue weighted by molar-refractivity contribution is 6.01. The molecule has 44 heavy (non-hydrogen) atoms. The number of nitrogens with one attached hydrogen (secondary N) is 2. The van der Waals surface area contributed by atoms with Crippen molar-refractivity contribution in [2.75, 3.05) is 37.4 Å². The second-order valence-electron chi connectivity index (χ2n) is 12.4. The Balaban J connectivity index is 1.37. The Kier molecular flexibility index (Phi) is 10.0. The number of anilines is 2. The summed E-state index contributed by atoms with van der Waals surface area (Å²) < 4.78 is 6.58. The molecule has 9 nitrogen and oxygen atoms in total. The molecule has 4 amide bonds. The molecule has 3 N–H and O–H groups in total. The van der Waals surface area contributed by atoms with Gasteiger partial charge in [0.15, 0.2) is 0 Å². The maximum absolute atomic E-state index is 13.6. The number of carbonyl (C=O) groups is 3. The average Bonchev–Trinajstić information content (AvgIpc) is 3.08. The molecule has 1 fully saturated rings. The third-order valence-electron chi connectivity index (χ3n) is 8.99. The summed E-state index contributed by atoms with van der Waals surface area (Å²) in [6.07, 6.45) is 4.73. The van der Waals surface area contributed by atoms with Gasteiger partial charge in [-0.15, -0.1) is 0 Å². The molecule has 3 aromatic carbocycles. The molecule has 5 rings (SSSR count). The Hall–Kier alpha value is -4.11. The zero-order chi connectivity index (χ0) is 31.2. The number of carbonyl (C=O) groups excluding carboxylic acids is 3. The lowest BCUT2D eigenvalue weighted by atomic mass is 9.88. The van der Waals surface area contributed by atoms with E-state index in [4.69, 9.17) is 4.74 Å². The largest absolute Gasteiger partial charge is 0.488 e. The lowest BCUT2D eigenvalue weighted by molar-refractivity contribution is -0.134. The predicted molar refractivity (Wildman–Crippen MR) is 173 cm³/mol. The molecular weight excluding hydrogens is 556 g/mol. The van der Waals surface area contributed by atoms with Crippen LogP contribution in [0.3, 0.4) is 0 Å². The summed E-state index contributed by atoms with van der Waals surface area (Å²) in [6.45, 7) is 4.29. The molecular formula is C35H44N4O5. The molecule has 3 aromatic rings. The molecule has 1 heterocycles. The van der Waals surface area contributed by atoms with Gasteiger partial charge in [0.1, 0.15) is 11.9 Å². The number of likely N-dealkylation sites (N-methyl/N-ethyl adjacent to an activating group) is 1. The number of ether oxygens (including phenoxy) is 1. The number of nitrogens with zero attached hydrogens (tertiary/aromatic N) is 2. The second kappa shape index (κ2) is 14.1. The Labute approximate surface area is 259 Å². The summed E-state index contributed by atoms with van der Waals surface area (Å²) in [6, 6.07) is 18.5. The first-order valence-electron chi connectivity index (χ1n) is 15.7. The molecule has 3 atom stereocenters. The standard InChI is InChI=1S/C35H44N4O5/c1-23-20-39(24(2)22-40)33(41)19-27-18-28(36-34(42)26-11-5-4-6-12-26)16-17-31(27)44-32(23)21-38(3)35(43)37-30-15-9-13-25-10-7-8-14-29(25)30/h7-10,13-18,23-24,26,32,40H,4-6,11-12,19-22H2,1-3H3,(H,36,42)(H,37,43)/t23-,24+,32+/m0/s1. The fourth-order valence-electron chi connectivity index (χ4n) is 6.23. The monoisotopic (exact) mass is 600 g/mol.